The second kappa shape index (κ2) is 6.96. The van der Waals surface area contributed by atoms with E-state index in [1.807, 2.05) is 45.0 Å². The van der Waals surface area contributed by atoms with E-state index in [2.05, 4.69) is 10.6 Å². The molecular weight excluding hydrogens is 336 g/mol. The lowest BCUT2D eigenvalue weighted by Crippen LogP contribution is -2.57. The Labute approximate surface area is 162 Å². The molecule has 0 unspecified atom stereocenters. The van der Waals surface area contributed by atoms with Crippen LogP contribution in [0.5, 0.6) is 0 Å². The largest absolute Gasteiger partial charge is 0.344 e. The topological polar surface area (TPSA) is 58.2 Å². The summed E-state index contributed by atoms with van der Waals surface area (Å²) >= 11 is 0. The second-order valence-electron chi connectivity index (χ2n) is 9.75. The Morgan fingerprint density at radius 1 is 0.963 bits per heavy atom. The molecule has 4 aliphatic carbocycles. The van der Waals surface area contributed by atoms with E-state index in [4.69, 9.17) is 0 Å². The molecule has 1 aromatic carbocycles. The standard InChI is InChI=1S/C23H32N2O2/c1-14(2)20(21(26)24-19-6-4-15(3)5-7-19)25-22(27)23-11-16-8-17(12-23)10-18(9-16)13-23/h4-7,14,16-18,20H,8-13H2,1-3H3,(H,24,26)(H,25,27)/t16?,17?,18?,20-,23?/m1/s1. The van der Waals surface area contributed by atoms with Crippen LogP contribution in [0.2, 0.25) is 0 Å². The highest BCUT2D eigenvalue weighted by Crippen LogP contribution is 2.60. The minimum atomic E-state index is -0.494. The van der Waals surface area contributed by atoms with Gasteiger partial charge in [-0.3, -0.25) is 9.59 Å². The van der Waals surface area contributed by atoms with Crippen molar-refractivity contribution in [2.24, 2.45) is 29.1 Å². The zero-order valence-electron chi connectivity index (χ0n) is 16.8. The maximum atomic E-state index is 13.3. The van der Waals surface area contributed by atoms with E-state index in [0.29, 0.717) is 0 Å². The van der Waals surface area contributed by atoms with Gasteiger partial charge in [-0.1, -0.05) is 31.5 Å². The van der Waals surface area contributed by atoms with Crippen LogP contribution in [0.15, 0.2) is 24.3 Å². The lowest BCUT2D eigenvalue weighted by molar-refractivity contribution is -0.148. The third kappa shape index (κ3) is 3.63. The summed E-state index contributed by atoms with van der Waals surface area (Å²) in [4.78, 5) is 26.2. The molecular formula is C23H32N2O2. The number of anilines is 1. The van der Waals surface area contributed by atoms with E-state index in [1.54, 1.807) is 0 Å². The number of hydrogen-bond donors (Lipinski definition) is 2. The van der Waals surface area contributed by atoms with Gasteiger partial charge in [-0.15, -0.1) is 0 Å². The van der Waals surface area contributed by atoms with E-state index < -0.39 is 6.04 Å². The van der Waals surface area contributed by atoms with Crippen molar-refractivity contribution in [2.75, 3.05) is 5.32 Å². The molecule has 5 rings (SSSR count). The van der Waals surface area contributed by atoms with Crippen molar-refractivity contribution >= 4 is 17.5 Å². The van der Waals surface area contributed by atoms with Gasteiger partial charge in [-0.05, 0) is 81.3 Å². The summed E-state index contributed by atoms with van der Waals surface area (Å²) in [5, 5.41) is 6.13. The van der Waals surface area contributed by atoms with Crippen LogP contribution >= 0.6 is 0 Å². The van der Waals surface area contributed by atoms with Gasteiger partial charge in [0.1, 0.15) is 6.04 Å². The number of benzene rings is 1. The average Bonchev–Trinajstić information content (AvgIpc) is 2.59. The lowest BCUT2D eigenvalue weighted by Gasteiger charge is -2.55. The molecule has 4 heteroatoms. The number of hydrogen-bond acceptors (Lipinski definition) is 2. The third-order valence-corrected chi connectivity index (χ3v) is 7.07. The van der Waals surface area contributed by atoms with Crippen LogP contribution in [-0.4, -0.2) is 17.9 Å². The van der Waals surface area contributed by atoms with Gasteiger partial charge < -0.3 is 10.6 Å². The predicted molar refractivity (Wildman–Crippen MR) is 107 cm³/mol. The molecule has 0 heterocycles. The summed E-state index contributed by atoms with van der Waals surface area (Å²) in [6.45, 7) is 6.02. The van der Waals surface area contributed by atoms with Crippen molar-refractivity contribution in [2.45, 2.75) is 65.3 Å². The molecule has 4 fully saturated rings. The molecule has 0 radical (unpaired) electrons. The van der Waals surface area contributed by atoms with Crippen LogP contribution in [0.1, 0.15) is 57.9 Å². The summed E-state index contributed by atoms with van der Waals surface area (Å²) in [6, 6.07) is 7.28. The first-order chi connectivity index (χ1) is 12.8. The molecule has 0 aliphatic heterocycles. The van der Waals surface area contributed by atoms with Crippen LogP contribution in [-0.2, 0) is 9.59 Å². The molecule has 0 saturated heterocycles. The Morgan fingerprint density at radius 3 is 1.96 bits per heavy atom. The molecule has 2 N–H and O–H groups in total. The summed E-state index contributed by atoms with van der Waals surface area (Å²) in [6.07, 6.45) is 7.01. The number of aryl methyl sites for hydroxylation is 1. The summed E-state index contributed by atoms with van der Waals surface area (Å²) in [7, 11) is 0. The van der Waals surface area contributed by atoms with Crippen LogP contribution < -0.4 is 10.6 Å². The Hall–Kier alpha value is -1.84. The van der Waals surface area contributed by atoms with Crippen molar-refractivity contribution in [3.8, 4) is 0 Å². The summed E-state index contributed by atoms with van der Waals surface area (Å²) in [5.41, 5.74) is 1.72. The minimum absolute atomic E-state index is 0.0494. The monoisotopic (exact) mass is 368 g/mol. The first kappa shape index (κ1) is 18.5. The van der Waals surface area contributed by atoms with Gasteiger partial charge in [-0.2, -0.15) is 0 Å². The molecule has 1 aromatic rings. The Balaban J connectivity index is 1.46. The molecule has 0 spiro atoms. The fraction of sp³-hybridized carbons (Fsp3) is 0.652. The van der Waals surface area contributed by atoms with Gasteiger partial charge in [-0.25, -0.2) is 0 Å². The van der Waals surface area contributed by atoms with Crippen molar-refractivity contribution in [1.29, 1.82) is 0 Å². The quantitative estimate of drug-likeness (QED) is 0.814. The van der Waals surface area contributed by atoms with E-state index in [9.17, 15) is 9.59 Å². The van der Waals surface area contributed by atoms with E-state index in [1.165, 1.54) is 19.3 Å². The molecule has 1 atom stereocenters. The molecule has 4 saturated carbocycles. The van der Waals surface area contributed by atoms with E-state index in [-0.39, 0.29) is 23.1 Å². The van der Waals surface area contributed by atoms with Gasteiger partial charge in [0.2, 0.25) is 11.8 Å². The minimum Gasteiger partial charge on any atom is -0.344 e. The van der Waals surface area contributed by atoms with Crippen molar-refractivity contribution in [3.63, 3.8) is 0 Å². The number of amides is 2. The number of nitrogens with one attached hydrogen (secondary N) is 2. The van der Waals surface area contributed by atoms with Gasteiger partial charge in [0.05, 0.1) is 0 Å². The van der Waals surface area contributed by atoms with Gasteiger partial charge in [0.15, 0.2) is 0 Å². The normalized spacial score (nSPS) is 32.4. The molecule has 146 valence electrons. The zero-order chi connectivity index (χ0) is 19.2. The van der Waals surface area contributed by atoms with Gasteiger partial charge in [0.25, 0.3) is 0 Å². The Bertz CT molecular complexity index is 687. The van der Waals surface area contributed by atoms with Crippen molar-refractivity contribution in [1.82, 2.24) is 5.32 Å². The SMILES string of the molecule is Cc1ccc(NC(=O)[C@H](NC(=O)C23CC4CC(CC(C4)C2)C3)C(C)C)cc1. The number of carbonyl (C=O) groups excluding carboxylic acids is 2. The fourth-order valence-electron chi connectivity index (χ4n) is 6.07. The van der Waals surface area contributed by atoms with Crippen LogP contribution in [0.4, 0.5) is 5.69 Å². The van der Waals surface area contributed by atoms with E-state index >= 15 is 0 Å². The fourth-order valence-corrected chi connectivity index (χ4v) is 6.07. The smallest absolute Gasteiger partial charge is 0.247 e. The van der Waals surface area contributed by atoms with Gasteiger partial charge >= 0.3 is 0 Å². The third-order valence-electron chi connectivity index (χ3n) is 7.07. The van der Waals surface area contributed by atoms with Crippen LogP contribution in [0.3, 0.4) is 0 Å². The van der Waals surface area contributed by atoms with E-state index in [0.717, 1.165) is 48.3 Å². The molecule has 4 bridgehead atoms. The Kier molecular flexibility index (Phi) is 4.77. The van der Waals surface area contributed by atoms with Crippen LogP contribution in [0, 0.1) is 36.0 Å². The van der Waals surface area contributed by atoms with Crippen molar-refractivity contribution in [3.05, 3.63) is 29.8 Å². The zero-order valence-corrected chi connectivity index (χ0v) is 16.8. The predicted octanol–water partition coefficient (Wildman–Crippen LogP) is 4.29. The lowest BCUT2D eigenvalue weighted by atomic mass is 9.49. The molecule has 4 nitrogen and oxygen atoms in total. The number of rotatable bonds is 5. The first-order valence-electron chi connectivity index (χ1n) is 10.5. The summed E-state index contributed by atoms with van der Waals surface area (Å²) < 4.78 is 0. The summed E-state index contributed by atoms with van der Waals surface area (Å²) in [5.74, 6) is 2.22. The van der Waals surface area contributed by atoms with Crippen molar-refractivity contribution < 1.29 is 9.59 Å². The second-order valence-corrected chi connectivity index (χ2v) is 9.75. The molecule has 4 aliphatic rings. The first-order valence-corrected chi connectivity index (χ1v) is 10.5. The highest BCUT2D eigenvalue weighted by Gasteiger charge is 2.55. The Morgan fingerprint density at radius 2 is 1.48 bits per heavy atom. The maximum absolute atomic E-state index is 13.3. The molecule has 2 amide bonds. The maximum Gasteiger partial charge on any atom is 0.247 e. The highest BCUT2D eigenvalue weighted by atomic mass is 16.2. The number of carbonyl (C=O) groups is 2. The average molecular weight is 369 g/mol. The molecule has 27 heavy (non-hydrogen) atoms. The van der Waals surface area contributed by atoms with Crippen LogP contribution in [0.25, 0.3) is 0 Å². The van der Waals surface area contributed by atoms with Gasteiger partial charge in [0, 0.05) is 11.1 Å². The molecule has 0 aromatic heterocycles. The highest BCUT2D eigenvalue weighted by molar-refractivity contribution is 5.98.